The lowest BCUT2D eigenvalue weighted by molar-refractivity contribution is 0.0924. The van der Waals surface area contributed by atoms with Crippen LogP contribution in [0.25, 0.3) is 0 Å². The average Bonchev–Trinajstić information content (AvgIpc) is 3.20. The van der Waals surface area contributed by atoms with Crippen LogP contribution in [0.4, 0.5) is 5.82 Å². The van der Waals surface area contributed by atoms with E-state index in [0.29, 0.717) is 12.6 Å². The number of aryl methyl sites for hydroxylation is 1. The molecule has 138 valence electrons. The number of nitrogens with zero attached hydrogens (tertiary/aromatic N) is 4. The predicted octanol–water partition coefficient (Wildman–Crippen LogP) is 0.736. The van der Waals surface area contributed by atoms with Crippen LogP contribution in [-0.2, 0) is 0 Å². The number of carbonyl (C=O) groups is 1. The van der Waals surface area contributed by atoms with E-state index in [2.05, 4.69) is 39.2 Å². The maximum atomic E-state index is 12.5. The Kier molecular flexibility index (Phi) is 4.97. The SMILES string of the molecule is Cc1nc(C(=O)NCC2(CO)CC2)nc(N2CC[C@@H](N(C)C)C2)c1C. The van der Waals surface area contributed by atoms with E-state index in [4.69, 9.17) is 0 Å². The Morgan fingerprint density at radius 2 is 2.08 bits per heavy atom. The number of hydrogen-bond donors (Lipinski definition) is 2. The van der Waals surface area contributed by atoms with E-state index in [-0.39, 0.29) is 23.8 Å². The highest BCUT2D eigenvalue weighted by Crippen LogP contribution is 2.44. The van der Waals surface area contributed by atoms with Crippen LogP contribution in [0.5, 0.6) is 0 Å². The van der Waals surface area contributed by atoms with Crippen molar-refractivity contribution in [2.45, 2.75) is 39.2 Å². The van der Waals surface area contributed by atoms with Gasteiger partial charge in [0.2, 0.25) is 5.82 Å². The molecule has 1 saturated carbocycles. The molecule has 0 bridgehead atoms. The summed E-state index contributed by atoms with van der Waals surface area (Å²) in [7, 11) is 4.19. The van der Waals surface area contributed by atoms with Crippen molar-refractivity contribution in [3.63, 3.8) is 0 Å². The molecule has 7 nitrogen and oxygen atoms in total. The van der Waals surface area contributed by atoms with Crippen molar-refractivity contribution in [2.75, 3.05) is 45.2 Å². The molecule has 0 radical (unpaired) electrons. The third kappa shape index (κ3) is 3.77. The lowest BCUT2D eigenvalue weighted by atomic mass is 10.1. The Morgan fingerprint density at radius 3 is 2.64 bits per heavy atom. The van der Waals surface area contributed by atoms with Gasteiger partial charge < -0.3 is 20.2 Å². The van der Waals surface area contributed by atoms with E-state index in [1.807, 2.05) is 13.8 Å². The van der Waals surface area contributed by atoms with Crippen LogP contribution in [0.15, 0.2) is 0 Å². The second-order valence-electron chi connectivity index (χ2n) is 7.77. The lowest BCUT2D eigenvalue weighted by Gasteiger charge is -2.23. The van der Waals surface area contributed by atoms with Gasteiger partial charge in [0.15, 0.2) is 0 Å². The van der Waals surface area contributed by atoms with Crippen LogP contribution in [0.2, 0.25) is 0 Å². The quantitative estimate of drug-likeness (QED) is 0.790. The van der Waals surface area contributed by atoms with Gasteiger partial charge in [-0.15, -0.1) is 0 Å². The van der Waals surface area contributed by atoms with Crippen LogP contribution in [-0.4, -0.2) is 72.3 Å². The molecule has 0 unspecified atom stereocenters. The molecule has 7 heteroatoms. The van der Waals surface area contributed by atoms with Gasteiger partial charge in [-0.05, 0) is 47.2 Å². The van der Waals surface area contributed by atoms with Gasteiger partial charge in [0.05, 0.1) is 6.61 Å². The number of aliphatic hydroxyl groups excluding tert-OH is 1. The van der Waals surface area contributed by atoms with Crippen molar-refractivity contribution in [3.8, 4) is 0 Å². The highest BCUT2D eigenvalue weighted by molar-refractivity contribution is 5.91. The molecule has 0 aromatic carbocycles. The number of aromatic nitrogens is 2. The fourth-order valence-electron chi connectivity index (χ4n) is 3.29. The van der Waals surface area contributed by atoms with Gasteiger partial charge in [0.1, 0.15) is 5.82 Å². The van der Waals surface area contributed by atoms with E-state index in [1.54, 1.807) is 0 Å². The van der Waals surface area contributed by atoms with Crippen molar-refractivity contribution >= 4 is 11.7 Å². The summed E-state index contributed by atoms with van der Waals surface area (Å²) in [6.45, 7) is 6.40. The summed E-state index contributed by atoms with van der Waals surface area (Å²) in [6.07, 6.45) is 3.01. The number of aliphatic hydroxyl groups is 1. The maximum Gasteiger partial charge on any atom is 0.289 e. The fraction of sp³-hybridized carbons (Fsp3) is 0.722. The zero-order valence-corrected chi connectivity index (χ0v) is 15.7. The van der Waals surface area contributed by atoms with Crippen molar-refractivity contribution in [3.05, 3.63) is 17.1 Å². The minimum absolute atomic E-state index is 0.117. The zero-order chi connectivity index (χ0) is 18.2. The first-order valence-electron chi connectivity index (χ1n) is 9.01. The van der Waals surface area contributed by atoms with E-state index in [0.717, 1.165) is 49.4 Å². The third-order valence-electron chi connectivity index (χ3n) is 5.68. The molecule has 1 aliphatic heterocycles. The van der Waals surface area contributed by atoms with E-state index >= 15 is 0 Å². The van der Waals surface area contributed by atoms with Crippen molar-refractivity contribution in [1.82, 2.24) is 20.2 Å². The van der Waals surface area contributed by atoms with Crippen LogP contribution in [0, 0.1) is 19.3 Å². The summed E-state index contributed by atoms with van der Waals surface area (Å²) in [5, 5.41) is 12.3. The molecule has 25 heavy (non-hydrogen) atoms. The number of anilines is 1. The van der Waals surface area contributed by atoms with E-state index < -0.39 is 0 Å². The molecule has 1 atom stereocenters. The zero-order valence-electron chi connectivity index (χ0n) is 15.7. The molecule has 1 aliphatic carbocycles. The number of nitrogens with one attached hydrogen (secondary N) is 1. The van der Waals surface area contributed by atoms with Crippen molar-refractivity contribution in [2.24, 2.45) is 5.41 Å². The molecule has 2 fully saturated rings. The van der Waals surface area contributed by atoms with Gasteiger partial charge in [0, 0.05) is 42.3 Å². The fourth-order valence-corrected chi connectivity index (χ4v) is 3.29. The Labute approximate surface area is 149 Å². The topological polar surface area (TPSA) is 81.6 Å². The number of likely N-dealkylation sites (N-methyl/N-ethyl adjacent to an activating group) is 1. The van der Waals surface area contributed by atoms with Gasteiger partial charge in [-0.1, -0.05) is 0 Å². The standard InChI is InChI=1S/C18H29N5O2/c1-12-13(2)20-15(17(25)19-10-18(11-24)6-7-18)21-16(12)23-8-5-14(9-23)22(3)4/h14,24H,5-11H2,1-4H3,(H,19,25)/t14-/m1/s1. The number of hydrogen-bond acceptors (Lipinski definition) is 6. The molecule has 2 aliphatic rings. The largest absolute Gasteiger partial charge is 0.396 e. The maximum absolute atomic E-state index is 12.5. The van der Waals surface area contributed by atoms with Crippen LogP contribution < -0.4 is 10.2 Å². The van der Waals surface area contributed by atoms with Crippen LogP contribution >= 0.6 is 0 Å². The summed E-state index contributed by atoms with van der Waals surface area (Å²) in [4.78, 5) is 25.9. The molecule has 3 rings (SSSR count). The van der Waals surface area contributed by atoms with Crippen molar-refractivity contribution < 1.29 is 9.90 Å². The summed E-state index contributed by atoms with van der Waals surface area (Å²) >= 11 is 0. The number of amides is 1. The Morgan fingerprint density at radius 1 is 1.36 bits per heavy atom. The summed E-state index contributed by atoms with van der Waals surface area (Å²) in [6, 6.07) is 0.506. The molecule has 1 amide bonds. The normalized spacial score (nSPS) is 21.7. The van der Waals surface area contributed by atoms with Gasteiger partial charge in [-0.25, -0.2) is 9.97 Å². The first-order valence-corrected chi connectivity index (χ1v) is 9.01. The molecule has 1 aromatic rings. The summed E-state index contributed by atoms with van der Waals surface area (Å²) in [5.74, 6) is 0.831. The van der Waals surface area contributed by atoms with Crippen LogP contribution in [0.1, 0.15) is 41.1 Å². The van der Waals surface area contributed by atoms with E-state index in [9.17, 15) is 9.90 Å². The molecule has 1 aromatic heterocycles. The molecular formula is C18H29N5O2. The second-order valence-corrected chi connectivity index (χ2v) is 7.77. The minimum atomic E-state index is -0.257. The Balaban J connectivity index is 1.75. The third-order valence-corrected chi connectivity index (χ3v) is 5.68. The van der Waals surface area contributed by atoms with E-state index in [1.165, 1.54) is 0 Å². The van der Waals surface area contributed by atoms with Crippen molar-refractivity contribution in [1.29, 1.82) is 0 Å². The van der Waals surface area contributed by atoms with Gasteiger partial charge in [0.25, 0.3) is 5.91 Å². The predicted molar refractivity (Wildman–Crippen MR) is 96.9 cm³/mol. The smallest absolute Gasteiger partial charge is 0.289 e. The lowest BCUT2D eigenvalue weighted by Crippen LogP contribution is -2.34. The van der Waals surface area contributed by atoms with Crippen LogP contribution in [0.3, 0.4) is 0 Å². The highest BCUT2D eigenvalue weighted by Gasteiger charge is 2.42. The molecule has 2 N–H and O–H groups in total. The molecular weight excluding hydrogens is 318 g/mol. The first kappa shape index (κ1) is 18.1. The van der Waals surface area contributed by atoms with Gasteiger partial charge >= 0.3 is 0 Å². The Bertz CT molecular complexity index is 657. The molecule has 2 heterocycles. The summed E-state index contributed by atoms with van der Waals surface area (Å²) in [5.41, 5.74) is 1.75. The van der Waals surface area contributed by atoms with Gasteiger partial charge in [-0.2, -0.15) is 0 Å². The number of carbonyl (C=O) groups excluding carboxylic acids is 1. The van der Waals surface area contributed by atoms with Gasteiger partial charge in [-0.3, -0.25) is 4.79 Å². The summed E-state index contributed by atoms with van der Waals surface area (Å²) < 4.78 is 0. The highest BCUT2D eigenvalue weighted by atomic mass is 16.3. The molecule has 1 saturated heterocycles. The second kappa shape index (κ2) is 6.88. The number of rotatable bonds is 6. The Hall–Kier alpha value is -1.73. The first-order chi connectivity index (χ1) is 11.8. The molecule has 0 spiro atoms. The average molecular weight is 347 g/mol. The monoisotopic (exact) mass is 347 g/mol. The minimum Gasteiger partial charge on any atom is -0.396 e.